The van der Waals surface area contributed by atoms with Crippen LogP contribution in [0, 0.1) is 0 Å². The number of aromatic nitrogens is 2. The molecule has 1 aromatic rings. The Hall–Kier alpha value is -1.36. The van der Waals surface area contributed by atoms with Crippen LogP contribution in [0.5, 0.6) is 0 Å². The van der Waals surface area contributed by atoms with Gasteiger partial charge in [0.05, 0.1) is 13.0 Å². The zero-order valence-corrected chi connectivity index (χ0v) is 9.12. The molecule has 0 saturated heterocycles. The molecular weight excluding hydrogens is 218 g/mol. The van der Waals surface area contributed by atoms with Gasteiger partial charge in [0.2, 0.25) is 0 Å². The number of anilines is 1. The first-order chi connectivity index (χ1) is 7.22. The van der Waals surface area contributed by atoms with Gasteiger partial charge in [-0.1, -0.05) is 11.6 Å². The first-order valence-corrected chi connectivity index (χ1v) is 4.99. The van der Waals surface area contributed by atoms with Gasteiger partial charge in [0.25, 0.3) is 0 Å². The summed E-state index contributed by atoms with van der Waals surface area (Å²) in [6.07, 6.45) is 0.304. The van der Waals surface area contributed by atoms with Crippen molar-refractivity contribution in [1.82, 2.24) is 10.2 Å². The summed E-state index contributed by atoms with van der Waals surface area (Å²) < 4.78 is 4.76. The number of esters is 1. The van der Waals surface area contributed by atoms with Gasteiger partial charge in [-0.25, -0.2) is 0 Å². The molecule has 0 saturated carbocycles. The molecule has 0 fully saturated rings. The number of hydrogen-bond acceptors (Lipinski definition) is 5. The number of carbonyl (C=O) groups is 1. The second-order valence-electron chi connectivity index (χ2n) is 2.72. The lowest BCUT2D eigenvalue weighted by Gasteiger charge is -2.04. The van der Waals surface area contributed by atoms with Crippen LogP contribution >= 0.6 is 11.6 Å². The fourth-order valence-corrected chi connectivity index (χ4v) is 1.04. The largest absolute Gasteiger partial charge is 0.466 e. The molecular formula is C9H12ClN3O2. The van der Waals surface area contributed by atoms with E-state index in [9.17, 15) is 4.79 Å². The number of carbonyl (C=O) groups excluding carboxylic acids is 1. The molecule has 5 nitrogen and oxygen atoms in total. The van der Waals surface area contributed by atoms with Gasteiger partial charge in [-0.2, -0.15) is 0 Å². The van der Waals surface area contributed by atoms with Gasteiger partial charge >= 0.3 is 5.97 Å². The molecule has 0 unspecified atom stereocenters. The molecule has 0 bridgehead atoms. The van der Waals surface area contributed by atoms with E-state index in [1.165, 1.54) is 0 Å². The Morgan fingerprint density at radius 1 is 1.53 bits per heavy atom. The van der Waals surface area contributed by atoms with Crippen LogP contribution < -0.4 is 5.32 Å². The minimum Gasteiger partial charge on any atom is -0.466 e. The zero-order chi connectivity index (χ0) is 11.1. The van der Waals surface area contributed by atoms with E-state index in [4.69, 9.17) is 16.3 Å². The van der Waals surface area contributed by atoms with E-state index in [0.717, 1.165) is 0 Å². The van der Waals surface area contributed by atoms with Crippen molar-refractivity contribution in [2.45, 2.75) is 13.3 Å². The highest BCUT2D eigenvalue weighted by Crippen LogP contribution is 2.05. The van der Waals surface area contributed by atoms with Gasteiger partial charge in [0, 0.05) is 6.54 Å². The summed E-state index contributed by atoms with van der Waals surface area (Å²) in [5.74, 6) is 0.357. The summed E-state index contributed by atoms with van der Waals surface area (Å²) >= 11 is 5.56. The third kappa shape index (κ3) is 4.60. The predicted molar refractivity (Wildman–Crippen MR) is 56.8 cm³/mol. The maximum absolute atomic E-state index is 11.0. The number of ether oxygens (including phenoxy) is 1. The van der Waals surface area contributed by atoms with Crippen LogP contribution in [0.4, 0.5) is 5.82 Å². The SMILES string of the molecule is CCOC(=O)CCNc1ccc(Cl)nn1. The Morgan fingerprint density at radius 3 is 2.93 bits per heavy atom. The maximum atomic E-state index is 11.0. The fraction of sp³-hybridized carbons (Fsp3) is 0.444. The monoisotopic (exact) mass is 229 g/mol. The van der Waals surface area contributed by atoms with E-state index in [0.29, 0.717) is 30.5 Å². The number of halogens is 1. The minimum atomic E-state index is -0.230. The summed E-state index contributed by atoms with van der Waals surface area (Å²) in [7, 11) is 0. The molecule has 0 aliphatic rings. The van der Waals surface area contributed by atoms with Crippen molar-refractivity contribution < 1.29 is 9.53 Å². The Bertz CT molecular complexity index is 316. The van der Waals surface area contributed by atoms with Gasteiger partial charge in [-0.15, -0.1) is 10.2 Å². The van der Waals surface area contributed by atoms with Crippen molar-refractivity contribution in [3.8, 4) is 0 Å². The lowest BCUT2D eigenvalue weighted by atomic mass is 10.4. The molecule has 15 heavy (non-hydrogen) atoms. The van der Waals surface area contributed by atoms with Crippen molar-refractivity contribution in [2.24, 2.45) is 0 Å². The lowest BCUT2D eigenvalue weighted by molar-refractivity contribution is -0.142. The second-order valence-corrected chi connectivity index (χ2v) is 3.11. The highest BCUT2D eigenvalue weighted by Gasteiger charge is 2.01. The van der Waals surface area contributed by atoms with Crippen LogP contribution in [0.15, 0.2) is 12.1 Å². The molecule has 0 amide bonds. The molecule has 1 N–H and O–H groups in total. The number of hydrogen-bond donors (Lipinski definition) is 1. The summed E-state index contributed by atoms with van der Waals surface area (Å²) in [6, 6.07) is 3.32. The number of rotatable bonds is 5. The summed E-state index contributed by atoms with van der Waals surface area (Å²) in [6.45, 7) is 2.64. The maximum Gasteiger partial charge on any atom is 0.307 e. The van der Waals surface area contributed by atoms with Crippen LogP contribution in [0.3, 0.4) is 0 Å². The van der Waals surface area contributed by atoms with Crippen molar-refractivity contribution in [3.05, 3.63) is 17.3 Å². The predicted octanol–water partition coefficient (Wildman–Crippen LogP) is 1.50. The standard InChI is InChI=1S/C9H12ClN3O2/c1-2-15-9(14)5-6-11-8-4-3-7(10)12-13-8/h3-4H,2,5-6H2,1H3,(H,11,13). The minimum absolute atomic E-state index is 0.230. The van der Waals surface area contributed by atoms with E-state index < -0.39 is 0 Å². The second kappa shape index (κ2) is 6.19. The Balaban J connectivity index is 2.26. The molecule has 0 aliphatic carbocycles. The fourth-order valence-electron chi connectivity index (χ4n) is 0.936. The topological polar surface area (TPSA) is 64.1 Å². The van der Waals surface area contributed by atoms with Crippen molar-refractivity contribution in [3.63, 3.8) is 0 Å². The van der Waals surface area contributed by atoms with Crippen LogP contribution in [-0.2, 0) is 9.53 Å². The average molecular weight is 230 g/mol. The molecule has 0 spiro atoms. The summed E-state index contributed by atoms with van der Waals surface area (Å²) in [4.78, 5) is 11.0. The van der Waals surface area contributed by atoms with Gasteiger partial charge in [0.15, 0.2) is 5.15 Å². The molecule has 0 aliphatic heterocycles. The lowest BCUT2D eigenvalue weighted by Crippen LogP contribution is -2.12. The number of nitrogens with zero attached hydrogens (tertiary/aromatic N) is 2. The normalized spacial score (nSPS) is 9.73. The van der Waals surface area contributed by atoms with E-state index >= 15 is 0 Å². The van der Waals surface area contributed by atoms with Gasteiger partial charge in [-0.05, 0) is 19.1 Å². The molecule has 0 atom stereocenters. The molecule has 1 rings (SSSR count). The van der Waals surface area contributed by atoms with Crippen LogP contribution in [0.2, 0.25) is 5.15 Å². The first-order valence-electron chi connectivity index (χ1n) is 4.61. The summed E-state index contributed by atoms with van der Waals surface area (Å²) in [5, 5.41) is 10.7. The van der Waals surface area contributed by atoms with E-state index in [-0.39, 0.29) is 5.97 Å². The molecule has 6 heteroatoms. The van der Waals surface area contributed by atoms with E-state index in [2.05, 4.69) is 15.5 Å². The quantitative estimate of drug-likeness (QED) is 0.776. The first kappa shape index (κ1) is 11.7. The number of nitrogens with one attached hydrogen (secondary N) is 1. The van der Waals surface area contributed by atoms with E-state index in [1.54, 1.807) is 19.1 Å². The average Bonchev–Trinajstić information content (AvgIpc) is 2.21. The molecule has 82 valence electrons. The Kier molecular flexibility index (Phi) is 4.83. The molecule has 1 heterocycles. The molecule has 1 aromatic heterocycles. The molecule has 0 aromatic carbocycles. The van der Waals surface area contributed by atoms with Crippen molar-refractivity contribution in [2.75, 3.05) is 18.5 Å². The third-order valence-corrected chi connectivity index (χ3v) is 1.77. The van der Waals surface area contributed by atoms with Crippen molar-refractivity contribution >= 4 is 23.4 Å². The highest BCUT2D eigenvalue weighted by atomic mass is 35.5. The smallest absolute Gasteiger partial charge is 0.307 e. The van der Waals surface area contributed by atoms with Crippen LogP contribution in [0.25, 0.3) is 0 Å². The summed E-state index contributed by atoms with van der Waals surface area (Å²) in [5.41, 5.74) is 0. The van der Waals surface area contributed by atoms with E-state index in [1.807, 2.05) is 0 Å². The van der Waals surface area contributed by atoms with Crippen LogP contribution in [-0.4, -0.2) is 29.3 Å². The highest BCUT2D eigenvalue weighted by molar-refractivity contribution is 6.29. The molecule has 0 radical (unpaired) electrons. The van der Waals surface area contributed by atoms with Crippen LogP contribution in [0.1, 0.15) is 13.3 Å². The zero-order valence-electron chi connectivity index (χ0n) is 8.36. The third-order valence-electron chi connectivity index (χ3n) is 1.57. The van der Waals surface area contributed by atoms with Gasteiger partial charge in [0.1, 0.15) is 5.82 Å². The Morgan fingerprint density at radius 2 is 2.33 bits per heavy atom. The van der Waals surface area contributed by atoms with Crippen molar-refractivity contribution in [1.29, 1.82) is 0 Å². The van der Waals surface area contributed by atoms with Gasteiger partial charge in [-0.3, -0.25) is 4.79 Å². The van der Waals surface area contributed by atoms with Gasteiger partial charge < -0.3 is 10.1 Å². The Labute approximate surface area is 92.8 Å².